The summed E-state index contributed by atoms with van der Waals surface area (Å²) in [6, 6.07) is 15.0. The first-order valence-electron chi connectivity index (χ1n) is 5.34. The summed E-state index contributed by atoms with van der Waals surface area (Å²) in [5.41, 5.74) is 0. The van der Waals surface area contributed by atoms with Gasteiger partial charge in [-0.05, 0) is 24.3 Å². The predicted molar refractivity (Wildman–Crippen MR) is 69.5 cm³/mol. The highest BCUT2D eigenvalue weighted by Gasteiger charge is 2.25. The van der Waals surface area contributed by atoms with E-state index < -0.39 is 7.60 Å². The first-order chi connectivity index (χ1) is 8.63. The number of methoxy groups -OCH3 is 1. The average molecular weight is 264 g/mol. The second-order valence-electron chi connectivity index (χ2n) is 3.60. The zero-order valence-electron chi connectivity index (χ0n) is 9.82. The molecule has 2 rings (SSSR count). The van der Waals surface area contributed by atoms with Crippen LogP contribution < -0.4 is 14.6 Å². The van der Waals surface area contributed by atoms with Crippen LogP contribution in [0.15, 0.2) is 54.6 Å². The van der Waals surface area contributed by atoms with E-state index in [2.05, 4.69) is 0 Å². The summed E-state index contributed by atoms with van der Waals surface area (Å²) in [6.07, 6.45) is 0. The van der Waals surface area contributed by atoms with E-state index >= 15 is 0 Å². The van der Waals surface area contributed by atoms with E-state index in [1.165, 1.54) is 7.11 Å². The molecule has 2 aromatic rings. The van der Waals surface area contributed by atoms with E-state index in [-0.39, 0.29) is 11.1 Å². The first kappa shape index (κ1) is 12.7. The van der Waals surface area contributed by atoms with Crippen LogP contribution in [0.4, 0.5) is 0 Å². The molecule has 0 fully saturated rings. The van der Waals surface area contributed by atoms with E-state index in [0.717, 1.165) is 0 Å². The normalized spacial score (nSPS) is 13.7. The molecule has 0 aliphatic heterocycles. The third kappa shape index (κ3) is 2.73. The summed E-state index contributed by atoms with van der Waals surface area (Å²) in [7, 11) is -2.41. The molecule has 0 aromatic heterocycles. The Kier molecular flexibility index (Phi) is 3.70. The Balaban J connectivity index is 2.31. The maximum atomic E-state index is 12.1. The molecule has 0 saturated heterocycles. The predicted octanol–water partition coefficient (Wildman–Crippen LogP) is 2.58. The van der Waals surface area contributed by atoms with Gasteiger partial charge in [0.05, 0.1) is 12.4 Å². The molecule has 0 saturated carbocycles. The van der Waals surface area contributed by atoms with Gasteiger partial charge < -0.3 is 14.2 Å². The lowest BCUT2D eigenvalue weighted by atomic mass is 10.3. The highest BCUT2D eigenvalue weighted by Crippen LogP contribution is 2.44. The number of ether oxygens (including phenoxy) is 1. The van der Waals surface area contributed by atoms with Crippen LogP contribution in [-0.4, -0.2) is 12.0 Å². The van der Waals surface area contributed by atoms with Crippen molar-refractivity contribution >= 4 is 12.9 Å². The fraction of sp³-hybridized carbons (Fsp3) is 0.0769. The Bertz CT molecular complexity index is 568. The lowest BCUT2D eigenvalue weighted by Gasteiger charge is -2.15. The van der Waals surface area contributed by atoms with Gasteiger partial charge in [0.2, 0.25) is 0 Å². The molecule has 0 spiro atoms. The summed E-state index contributed by atoms with van der Waals surface area (Å²) in [4.78, 5) is 9.94. The minimum atomic E-state index is -3.89. The Morgan fingerprint density at radius 3 is 2.11 bits per heavy atom. The van der Waals surface area contributed by atoms with Crippen LogP contribution in [0, 0.1) is 0 Å². The summed E-state index contributed by atoms with van der Waals surface area (Å²) in [5.74, 6) is 0.664. The zero-order valence-corrected chi connectivity index (χ0v) is 10.7. The highest BCUT2D eigenvalue weighted by atomic mass is 31.2. The van der Waals surface area contributed by atoms with Gasteiger partial charge in [-0.15, -0.1) is 0 Å². The molecule has 18 heavy (non-hydrogen) atoms. The Morgan fingerprint density at radius 2 is 1.50 bits per heavy atom. The molecule has 1 N–H and O–H groups in total. The van der Waals surface area contributed by atoms with Crippen LogP contribution >= 0.6 is 7.60 Å². The molecule has 94 valence electrons. The Morgan fingerprint density at radius 1 is 0.944 bits per heavy atom. The van der Waals surface area contributed by atoms with Crippen molar-refractivity contribution in [3.8, 4) is 11.5 Å². The third-order valence-electron chi connectivity index (χ3n) is 2.37. The number of para-hydroxylation sites is 2. The summed E-state index contributed by atoms with van der Waals surface area (Å²) in [5, 5.41) is 0.246. The molecule has 0 radical (unpaired) electrons. The minimum absolute atomic E-state index is 0.245. The largest absolute Gasteiger partial charge is 0.493 e. The number of hydrogen-bond acceptors (Lipinski definition) is 3. The van der Waals surface area contributed by atoms with Crippen LogP contribution in [0.25, 0.3) is 0 Å². The minimum Gasteiger partial charge on any atom is -0.493 e. The zero-order chi connectivity index (χ0) is 13.0. The summed E-state index contributed by atoms with van der Waals surface area (Å²) < 4.78 is 22.4. The van der Waals surface area contributed by atoms with Crippen molar-refractivity contribution in [2.24, 2.45) is 0 Å². The SMILES string of the molecule is COc1ccccc1OP(=O)(O)c1ccccc1. The van der Waals surface area contributed by atoms with Gasteiger partial charge in [-0.3, -0.25) is 0 Å². The molecular weight excluding hydrogens is 251 g/mol. The van der Waals surface area contributed by atoms with Crippen LogP contribution in [0.2, 0.25) is 0 Å². The van der Waals surface area contributed by atoms with Gasteiger partial charge in [0.25, 0.3) is 0 Å². The van der Waals surface area contributed by atoms with Crippen molar-refractivity contribution in [2.45, 2.75) is 0 Å². The van der Waals surface area contributed by atoms with Crippen molar-refractivity contribution < 1.29 is 18.7 Å². The van der Waals surface area contributed by atoms with Crippen molar-refractivity contribution in [3.63, 3.8) is 0 Å². The Labute approximate surface area is 105 Å². The van der Waals surface area contributed by atoms with Crippen molar-refractivity contribution in [1.29, 1.82) is 0 Å². The number of rotatable bonds is 4. The summed E-state index contributed by atoms with van der Waals surface area (Å²) >= 11 is 0. The van der Waals surface area contributed by atoms with Gasteiger partial charge in [-0.2, -0.15) is 0 Å². The van der Waals surface area contributed by atoms with E-state index in [1.54, 1.807) is 54.6 Å². The maximum Gasteiger partial charge on any atom is 0.408 e. The van der Waals surface area contributed by atoms with Gasteiger partial charge in [-0.1, -0.05) is 30.3 Å². The molecule has 1 atom stereocenters. The number of benzene rings is 2. The van der Waals surface area contributed by atoms with E-state index in [1.807, 2.05) is 0 Å². The highest BCUT2D eigenvalue weighted by molar-refractivity contribution is 7.61. The first-order valence-corrected chi connectivity index (χ1v) is 6.92. The van der Waals surface area contributed by atoms with Crippen LogP contribution in [0.5, 0.6) is 11.5 Å². The Hall–Kier alpha value is -1.77. The molecule has 0 aliphatic carbocycles. The fourth-order valence-electron chi connectivity index (χ4n) is 1.50. The van der Waals surface area contributed by atoms with Crippen molar-refractivity contribution in [2.75, 3.05) is 7.11 Å². The van der Waals surface area contributed by atoms with Crippen LogP contribution in [0.3, 0.4) is 0 Å². The lowest BCUT2D eigenvalue weighted by molar-refractivity contribution is 0.363. The lowest BCUT2D eigenvalue weighted by Crippen LogP contribution is -2.08. The van der Waals surface area contributed by atoms with Gasteiger partial charge >= 0.3 is 7.60 Å². The van der Waals surface area contributed by atoms with Crippen LogP contribution in [0.1, 0.15) is 0 Å². The van der Waals surface area contributed by atoms with E-state index in [0.29, 0.717) is 5.75 Å². The van der Waals surface area contributed by atoms with Gasteiger partial charge in [0.1, 0.15) is 0 Å². The molecule has 5 heteroatoms. The molecule has 0 heterocycles. The van der Waals surface area contributed by atoms with E-state index in [4.69, 9.17) is 9.26 Å². The van der Waals surface area contributed by atoms with Gasteiger partial charge in [0.15, 0.2) is 11.5 Å². The second kappa shape index (κ2) is 5.25. The molecule has 1 unspecified atom stereocenters. The summed E-state index contributed by atoms with van der Waals surface area (Å²) in [6.45, 7) is 0. The van der Waals surface area contributed by atoms with Gasteiger partial charge in [-0.25, -0.2) is 4.57 Å². The van der Waals surface area contributed by atoms with Crippen molar-refractivity contribution in [3.05, 3.63) is 54.6 Å². The topological polar surface area (TPSA) is 55.8 Å². The standard InChI is InChI=1S/C13H13O4P/c1-16-12-9-5-6-10-13(12)17-18(14,15)11-7-3-2-4-8-11/h2-10H,1H3,(H,14,15). The number of hydrogen-bond donors (Lipinski definition) is 1. The smallest absolute Gasteiger partial charge is 0.408 e. The molecular formula is C13H13O4P. The second-order valence-corrected chi connectivity index (χ2v) is 5.34. The monoisotopic (exact) mass is 264 g/mol. The van der Waals surface area contributed by atoms with Crippen molar-refractivity contribution in [1.82, 2.24) is 0 Å². The molecule has 0 bridgehead atoms. The quantitative estimate of drug-likeness (QED) is 0.862. The van der Waals surface area contributed by atoms with Gasteiger partial charge in [0, 0.05) is 0 Å². The maximum absolute atomic E-state index is 12.1. The molecule has 4 nitrogen and oxygen atoms in total. The third-order valence-corrected chi connectivity index (χ3v) is 3.77. The fourth-order valence-corrected chi connectivity index (χ4v) is 2.57. The molecule has 2 aromatic carbocycles. The van der Waals surface area contributed by atoms with Crippen LogP contribution in [-0.2, 0) is 4.57 Å². The average Bonchev–Trinajstić information content (AvgIpc) is 2.40. The molecule has 0 amide bonds. The van der Waals surface area contributed by atoms with E-state index in [9.17, 15) is 9.46 Å². The molecule has 0 aliphatic rings.